The number of aryl methyl sites for hydroxylation is 2. The van der Waals surface area contributed by atoms with Crippen molar-refractivity contribution in [2.45, 2.75) is 77.7 Å². The molecular weight excluding hydrogens is 489 g/mol. The Labute approximate surface area is 223 Å². The lowest BCUT2D eigenvalue weighted by atomic mass is 10.1. The molecule has 0 N–H and O–H groups in total. The number of alkyl halides is 3. The van der Waals surface area contributed by atoms with Gasteiger partial charge in [0.25, 0.3) is 0 Å². The van der Waals surface area contributed by atoms with Crippen LogP contribution in [0.4, 0.5) is 18.9 Å². The van der Waals surface area contributed by atoms with Crippen LogP contribution in [0.1, 0.15) is 67.5 Å². The van der Waals surface area contributed by atoms with E-state index in [1.807, 2.05) is 23.1 Å². The summed E-state index contributed by atoms with van der Waals surface area (Å²) in [4.78, 5) is 17.7. The van der Waals surface area contributed by atoms with Crippen molar-refractivity contribution in [3.63, 3.8) is 0 Å². The molecule has 204 valence electrons. The standard InChI is InChI=1S/C30H37F3N4O/c1-24-21-28(30(31,32)33)34-37(24)20-17-29(38)36-19-12-5-3-2-4-11-18-35(22-25-13-7-6-8-14-25)27-16-10-9-15-26(27)23-36/h6-10,13-16,21H,2-5,11-12,17-20,22-23H2,1H3. The van der Waals surface area contributed by atoms with Crippen molar-refractivity contribution >= 4 is 11.6 Å². The Balaban J connectivity index is 1.53. The molecule has 0 spiro atoms. The third-order valence-electron chi connectivity index (χ3n) is 7.18. The van der Waals surface area contributed by atoms with Crippen molar-refractivity contribution in [3.8, 4) is 0 Å². The van der Waals surface area contributed by atoms with Crippen LogP contribution in [-0.4, -0.2) is 33.7 Å². The molecule has 2 heterocycles. The molecule has 0 saturated carbocycles. The first-order chi connectivity index (χ1) is 18.3. The van der Waals surface area contributed by atoms with Gasteiger partial charge in [0.05, 0.1) is 0 Å². The average Bonchev–Trinajstić information content (AvgIpc) is 3.29. The number of carbonyl (C=O) groups excluding carboxylic acids is 1. The second-order valence-electron chi connectivity index (χ2n) is 10.1. The van der Waals surface area contributed by atoms with Gasteiger partial charge in [0.2, 0.25) is 5.91 Å². The molecule has 8 heteroatoms. The predicted molar refractivity (Wildman–Crippen MR) is 144 cm³/mol. The van der Waals surface area contributed by atoms with Gasteiger partial charge in [-0.3, -0.25) is 9.48 Å². The second kappa shape index (κ2) is 13.0. The highest BCUT2D eigenvalue weighted by Crippen LogP contribution is 2.29. The van der Waals surface area contributed by atoms with Gasteiger partial charge in [0, 0.05) is 50.5 Å². The minimum Gasteiger partial charge on any atom is -0.367 e. The summed E-state index contributed by atoms with van der Waals surface area (Å²) in [5.41, 5.74) is 2.94. The zero-order chi connectivity index (χ0) is 27.0. The molecule has 1 aromatic heterocycles. The number of para-hydroxylation sites is 1. The normalized spacial score (nSPS) is 15.8. The van der Waals surface area contributed by atoms with E-state index in [1.54, 1.807) is 6.92 Å². The molecule has 1 amide bonds. The van der Waals surface area contributed by atoms with Gasteiger partial charge in [0.1, 0.15) is 0 Å². The number of aromatic nitrogens is 2. The highest BCUT2D eigenvalue weighted by molar-refractivity contribution is 5.76. The Morgan fingerprint density at radius 1 is 0.895 bits per heavy atom. The van der Waals surface area contributed by atoms with E-state index in [1.165, 1.54) is 23.1 Å². The Morgan fingerprint density at radius 3 is 2.26 bits per heavy atom. The minimum absolute atomic E-state index is 0.0623. The van der Waals surface area contributed by atoms with Crippen LogP contribution in [0.25, 0.3) is 0 Å². The van der Waals surface area contributed by atoms with Crippen molar-refractivity contribution in [1.29, 1.82) is 0 Å². The maximum absolute atomic E-state index is 13.4. The number of nitrogens with zero attached hydrogens (tertiary/aromatic N) is 4. The highest BCUT2D eigenvalue weighted by atomic mass is 19.4. The third-order valence-corrected chi connectivity index (χ3v) is 7.18. The van der Waals surface area contributed by atoms with Crippen LogP contribution in [0.15, 0.2) is 60.7 Å². The van der Waals surface area contributed by atoms with Gasteiger partial charge in [0.15, 0.2) is 5.69 Å². The Kier molecular flexibility index (Phi) is 9.48. The summed E-state index contributed by atoms with van der Waals surface area (Å²) in [7, 11) is 0. The van der Waals surface area contributed by atoms with E-state index in [2.05, 4.69) is 46.4 Å². The molecule has 0 aliphatic carbocycles. The van der Waals surface area contributed by atoms with Crippen molar-refractivity contribution in [2.75, 3.05) is 18.0 Å². The fourth-order valence-corrected chi connectivity index (χ4v) is 5.09. The van der Waals surface area contributed by atoms with E-state index in [0.29, 0.717) is 18.8 Å². The summed E-state index contributed by atoms with van der Waals surface area (Å²) < 4.78 is 40.5. The zero-order valence-corrected chi connectivity index (χ0v) is 22.1. The molecule has 2 aromatic carbocycles. The topological polar surface area (TPSA) is 41.4 Å². The number of rotatable bonds is 5. The minimum atomic E-state index is -4.49. The number of fused-ring (bicyclic) bond motifs is 1. The second-order valence-corrected chi connectivity index (χ2v) is 10.1. The van der Waals surface area contributed by atoms with Crippen LogP contribution in [0, 0.1) is 6.92 Å². The third kappa shape index (κ3) is 7.62. The van der Waals surface area contributed by atoms with Crippen LogP contribution in [-0.2, 0) is 30.6 Å². The van der Waals surface area contributed by atoms with Gasteiger partial charge >= 0.3 is 6.18 Å². The van der Waals surface area contributed by atoms with Gasteiger partial charge in [-0.05, 0) is 43.0 Å². The van der Waals surface area contributed by atoms with E-state index >= 15 is 0 Å². The Morgan fingerprint density at radius 2 is 1.55 bits per heavy atom. The monoisotopic (exact) mass is 526 g/mol. The summed E-state index contributed by atoms with van der Waals surface area (Å²) in [6.07, 6.45) is 2.20. The molecule has 0 bridgehead atoms. The summed E-state index contributed by atoms with van der Waals surface area (Å²) >= 11 is 0. The SMILES string of the molecule is Cc1cc(C(F)(F)F)nn1CCC(=O)N1CCCCCCCCN(Cc2ccccc2)c2ccccc2C1. The van der Waals surface area contributed by atoms with E-state index in [0.717, 1.165) is 56.1 Å². The van der Waals surface area contributed by atoms with Gasteiger partial charge in [-0.1, -0.05) is 74.2 Å². The molecule has 0 atom stereocenters. The number of hydrogen-bond acceptors (Lipinski definition) is 3. The van der Waals surface area contributed by atoms with Gasteiger partial charge in [-0.15, -0.1) is 0 Å². The number of benzene rings is 2. The molecule has 0 fully saturated rings. The van der Waals surface area contributed by atoms with Crippen molar-refractivity contribution in [1.82, 2.24) is 14.7 Å². The van der Waals surface area contributed by atoms with Crippen LogP contribution >= 0.6 is 0 Å². The van der Waals surface area contributed by atoms with Gasteiger partial charge in [-0.2, -0.15) is 18.3 Å². The molecule has 0 radical (unpaired) electrons. The number of carbonyl (C=O) groups is 1. The molecule has 5 nitrogen and oxygen atoms in total. The van der Waals surface area contributed by atoms with Gasteiger partial charge < -0.3 is 9.80 Å². The Bertz CT molecular complexity index is 1180. The number of hydrogen-bond donors (Lipinski definition) is 0. The van der Waals surface area contributed by atoms with E-state index in [4.69, 9.17) is 0 Å². The van der Waals surface area contributed by atoms with Crippen LogP contribution in [0.5, 0.6) is 0 Å². The lowest BCUT2D eigenvalue weighted by molar-refractivity contribution is -0.141. The summed E-state index contributed by atoms with van der Waals surface area (Å²) in [6, 6.07) is 19.7. The van der Waals surface area contributed by atoms with E-state index < -0.39 is 11.9 Å². The quantitative estimate of drug-likeness (QED) is 0.360. The zero-order valence-electron chi connectivity index (χ0n) is 22.1. The fourth-order valence-electron chi connectivity index (χ4n) is 5.09. The summed E-state index contributed by atoms with van der Waals surface area (Å²) in [6.45, 7) is 4.57. The smallest absolute Gasteiger partial charge is 0.367 e. The number of anilines is 1. The molecular formula is C30H37F3N4O. The molecule has 1 aliphatic heterocycles. The van der Waals surface area contributed by atoms with E-state index in [-0.39, 0.29) is 18.9 Å². The predicted octanol–water partition coefficient (Wildman–Crippen LogP) is 6.99. The summed E-state index contributed by atoms with van der Waals surface area (Å²) in [5.74, 6) is -0.0623. The first-order valence-electron chi connectivity index (χ1n) is 13.6. The lowest BCUT2D eigenvalue weighted by Gasteiger charge is -2.30. The van der Waals surface area contributed by atoms with E-state index in [9.17, 15) is 18.0 Å². The number of halogens is 3. The van der Waals surface area contributed by atoms with Crippen molar-refractivity contribution in [3.05, 3.63) is 83.2 Å². The van der Waals surface area contributed by atoms with Crippen LogP contribution < -0.4 is 4.90 Å². The van der Waals surface area contributed by atoms with Crippen molar-refractivity contribution < 1.29 is 18.0 Å². The highest BCUT2D eigenvalue weighted by Gasteiger charge is 2.34. The number of amides is 1. The lowest BCUT2D eigenvalue weighted by Crippen LogP contribution is -2.33. The van der Waals surface area contributed by atoms with Gasteiger partial charge in [-0.25, -0.2) is 0 Å². The molecule has 1 aliphatic rings. The molecule has 3 aromatic rings. The van der Waals surface area contributed by atoms with Crippen molar-refractivity contribution in [2.24, 2.45) is 0 Å². The average molecular weight is 527 g/mol. The molecule has 4 rings (SSSR count). The first-order valence-corrected chi connectivity index (χ1v) is 13.6. The first kappa shape index (κ1) is 27.7. The maximum atomic E-state index is 13.4. The molecule has 0 unspecified atom stereocenters. The molecule has 38 heavy (non-hydrogen) atoms. The Hall–Kier alpha value is -3.29. The summed E-state index contributed by atoms with van der Waals surface area (Å²) in [5, 5.41) is 3.69. The van der Waals surface area contributed by atoms with Crippen LogP contribution in [0.3, 0.4) is 0 Å². The fraction of sp³-hybridized carbons (Fsp3) is 0.467. The maximum Gasteiger partial charge on any atom is 0.435 e. The van der Waals surface area contributed by atoms with Crippen LogP contribution in [0.2, 0.25) is 0 Å². The molecule has 0 saturated heterocycles. The largest absolute Gasteiger partial charge is 0.435 e.